The minimum absolute atomic E-state index is 0.00760. The highest BCUT2D eigenvalue weighted by Gasteiger charge is 2.08. The third-order valence-corrected chi connectivity index (χ3v) is 4.64. The van der Waals surface area contributed by atoms with E-state index in [0.717, 1.165) is 11.5 Å². The lowest BCUT2D eigenvalue weighted by atomic mass is 10.2. The lowest BCUT2D eigenvalue weighted by Gasteiger charge is -2.15. The van der Waals surface area contributed by atoms with Gasteiger partial charge in [-0.25, -0.2) is 0 Å². The summed E-state index contributed by atoms with van der Waals surface area (Å²) in [5, 5.41) is 12.3. The van der Waals surface area contributed by atoms with Crippen LogP contribution in [0.2, 0.25) is 0 Å². The Labute approximate surface area is 124 Å². The molecule has 0 amide bonds. The van der Waals surface area contributed by atoms with Crippen molar-refractivity contribution < 1.29 is 18.1 Å². The van der Waals surface area contributed by atoms with E-state index in [0.29, 0.717) is 13.0 Å². The molecule has 20 heavy (non-hydrogen) atoms. The van der Waals surface area contributed by atoms with Gasteiger partial charge in [-0.2, -0.15) is 20.2 Å². The molecule has 3 N–H and O–H groups in total. The fourth-order valence-electron chi connectivity index (χ4n) is 1.63. The Morgan fingerprint density at radius 1 is 1.25 bits per heavy atom. The van der Waals surface area contributed by atoms with Crippen LogP contribution in [-0.4, -0.2) is 48.8 Å². The van der Waals surface area contributed by atoms with Crippen molar-refractivity contribution in [2.75, 3.05) is 24.7 Å². The van der Waals surface area contributed by atoms with E-state index in [1.165, 1.54) is 5.56 Å². The van der Waals surface area contributed by atoms with Gasteiger partial charge >= 0.3 is 0 Å². The molecule has 1 aromatic carbocycles. The van der Waals surface area contributed by atoms with Gasteiger partial charge in [0.25, 0.3) is 10.1 Å². The molecule has 1 aromatic rings. The Balaban J connectivity index is 2.16. The van der Waals surface area contributed by atoms with Gasteiger partial charge in [0.15, 0.2) is 0 Å². The lowest BCUT2D eigenvalue weighted by molar-refractivity contribution is 0.254. The number of benzene rings is 1. The standard InChI is InChI=1S/C13H21NO4S2/c15-9-13(14-7-4-8-20(16,17)18)11-19-10-12-5-2-1-3-6-12/h1-3,5-6,13-15H,4,7-11H2,(H,16,17,18)/t13-/m1/s1. The van der Waals surface area contributed by atoms with Crippen molar-refractivity contribution >= 4 is 21.9 Å². The quantitative estimate of drug-likeness (QED) is 0.443. The van der Waals surface area contributed by atoms with Gasteiger partial charge in [0.1, 0.15) is 0 Å². The van der Waals surface area contributed by atoms with Gasteiger partial charge in [0.05, 0.1) is 12.4 Å². The second-order valence-electron chi connectivity index (χ2n) is 4.47. The molecular formula is C13H21NO4S2. The molecule has 1 atom stereocenters. The van der Waals surface area contributed by atoms with Gasteiger partial charge in [-0.05, 0) is 18.5 Å². The Kier molecular flexibility index (Phi) is 8.16. The van der Waals surface area contributed by atoms with Crippen molar-refractivity contribution in [3.8, 4) is 0 Å². The zero-order chi connectivity index (χ0) is 14.8. The Morgan fingerprint density at radius 3 is 2.55 bits per heavy atom. The summed E-state index contributed by atoms with van der Waals surface area (Å²) in [7, 11) is -3.89. The maximum atomic E-state index is 10.5. The Bertz CT molecular complexity index is 465. The van der Waals surface area contributed by atoms with Crippen molar-refractivity contribution in [3.63, 3.8) is 0 Å². The summed E-state index contributed by atoms with van der Waals surface area (Å²) >= 11 is 1.71. The normalized spacial score (nSPS) is 13.3. The van der Waals surface area contributed by atoms with Crippen molar-refractivity contribution in [1.29, 1.82) is 0 Å². The number of thioether (sulfide) groups is 1. The average molecular weight is 319 g/mol. The zero-order valence-corrected chi connectivity index (χ0v) is 12.9. The fraction of sp³-hybridized carbons (Fsp3) is 0.538. The molecule has 0 heterocycles. The highest BCUT2D eigenvalue weighted by molar-refractivity contribution is 7.98. The SMILES string of the molecule is O=S(=O)(O)CCCN[C@H](CO)CSCc1ccccc1. The molecule has 7 heteroatoms. The van der Waals surface area contributed by atoms with Crippen LogP contribution in [0.3, 0.4) is 0 Å². The highest BCUT2D eigenvalue weighted by atomic mass is 32.2. The van der Waals surface area contributed by atoms with E-state index in [1.54, 1.807) is 11.8 Å². The van der Waals surface area contributed by atoms with E-state index < -0.39 is 10.1 Å². The number of rotatable bonds is 10. The summed E-state index contributed by atoms with van der Waals surface area (Å²) in [6.07, 6.45) is 0.332. The second kappa shape index (κ2) is 9.36. The van der Waals surface area contributed by atoms with Gasteiger partial charge in [0, 0.05) is 17.5 Å². The minimum Gasteiger partial charge on any atom is -0.395 e. The molecule has 0 fully saturated rings. The van der Waals surface area contributed by atoms with Gasteiger partial charge in [-0.15, -0.1) is 0 Å². The zero-order valence-electron chi connectivity index (χ0n) is 11.2. The number of hydrogen-bond acceptors (Lipinski definition) is 5. The molecule has 0 unspecified atom stereocenters. The van der Waals surface area contributed by atoms with Crippen LogP contribution in [0.1, 0.15) is 12.0 Å². The van der Waals surface area contributed by atoms with E-state index in [-0.39, 0.29) is 18.4 Å². The summed E-state index contributed by atoms with van der Waals surface area (Å²) in [6, 6.07) is 10.0. The predicted octanol–water partition coefficient (Wildman–Crippen LogP) is 1.15. The van der Waals surface area contributed by atoms with Crippen LogP contribution in [0, 0.1) is 0 Å². The smallest absolute Gasteiger partial charge is 0.264 e. The largest absolute Gasteiger partial charge is 0.395 e. The van der Waals surface area contributed by atoms with Crippen molar-refractivity contribution in [1.82, 2.24) is 5.32 Å². The first kappa shape index (κ1) is 17.5. The van der Waals surface area contributed by atoms with E-state index in [1.807, 2.05) is 18.2 Å². The molecule has 0 aliphatic heterocycles. The Morgan fingerprint density at radius 2 is 1.95 bits per heavy atom. The number of aliphatic hydroxyl groups is 1. The van der Waals surface area contributed by atoms with Crippen LogP contribution in [0.4, 0.5) is 0 Å². The van der Waals surface area contributed by atoms with Crippen LogP contribution in [0.15, 0.2) is 30.3 Å². The van der Waals surface area contributed by atoms with Gasteiger partial charge < -0.3 is 10.4 Å². The molecule has 0 saturated heterocycles. The van der Waals surface area contributed by atoms with Gasteiger partial charge in [-0.1, -0.05) is 30.3 Å². The maximum absolute atomic E-state index is 10.5. The first-order valence-corrected chi connectivity index (χ1v) is 9.18. The molecule has 114 valence electrons. The third kappa shape index (κ3) is 8.55. The van der Waals surface area contributed by atoms with Crippen molar-refractivity contribution in [2.24, 2.45) is 0 Å². The van der Waals surface area contributed by atoms with E-state index in [9.17, 15) is 13.5 Å². The second-order valence-corrected chi connectivity index (χ2v) is 7.08. The first-order valence-electron chi connectivity index (χ1n) is 6.42. The molecular weight excluding hydrogens is 298 g/mol. The molecule has 0 saturated carbocycles. The van der Waals surface area contributed by atoms with Gasteiger partial charge in [-0.3, -0.25) is 4.55 Å². The van der Waals surface area contributed by atoms with Crippen LogP contribution in [-0.2, 0) is 15.9 Å². The number of nitrogens with one attached hydrogen (secondary N) is 1. The molecule has 0 bridgehead atoms. The average Bonchev–Trinajstić information content (AvgIpc) is 2.41. The van der Waals surface area contributed by atoms with Crippen molar-refractivity contribution in [3.05, 3.63) is 35.9 Å². The summed E-state index contributed by atoms with van der Waals surface area (Å²) in [5.41, 5.74) is 1.24. The van der Waals surface area contributed by atoms with E-state index >= 15 is 0 Å². The molecule has 0 aromatic heterocycles. The molecule has 0 radical (unpaired) electrons. The molecule has 1 rings (SSSR count). The molecule has 0 aliphatic carbocycles. The van der Waals surface area contributed by atoms with E-state index in [2.05, 4.69) is 17.4 Å². The predicted molar refractivity (Wildman–Crippen MR) is 82.5 cm³/mol. The minimum atomic E-state index is -3.89. The van der Waals surface area contributed by atoms with Crippen molar-refractivity contribution in [2.45, 2.75) is 18.2 Å². The van der Waals surface area contributed by atoms with Gasteiger partial charge in [0.2, 0.25) is 0 Å². The molecule has 0 aliphatic rings. The summed E-state index contributed by atoms with van der Waals surface area (Å²) in [5.74, 6) is 1.37. The molecule has 0 spiro atoms. The maximum Gasteiger partial charge on any atom is 0.264 e. The van der Waals surface area contributed by atoms with Crippen LogP contribution < -0.4 is 5.32 Å². The molecule has 5 nitrogen and oxygen atoms in total. The number of hydrogen-bond donors (Lipinski definition) is 3. The summed E-state index contributed by atoms with van der Waals surface area (Å²) in [4.78, 5) is 0. The fourth-order valence-corrected chi connectivity index (χ4v) is 3.19. The Hall–Kier alpha value is -0.600. The number of aliphatic hydroxyl groups excluding tert-OH is 1. The van der Waals surface area contributed by atoms with Crippen LogP contribution >= 0.6 is 11.8 Å². The highest BCUT2D eigenvalue weighted by Crippen LogP contribution is 2.12. The summed E-state index contributed by atoms with van der Waals surface area (Å²) < 4.78 is 29.7. The first-order chi connectivity index (χ1) is 9.51. The van der Waals surface area contributed by atoms with E-state index in [4.69, 9.17) is 4.55 Å². The van der Waals surface area contributed by atoms with Crippen LogP contribution in [0.25, 0.3) is 0 Å². The topological polar surface area (TPSA) is 86.6 Å². The summed E-state index contributed by atoms with van der Waals surface area (Å²) in [6.45, 7) is 0.463. The lowest BCUT2D eigenvalue weighted by Crippen LogP contribution is -2.36. The monoisotopic (exact) mass is 319 g/mol. The third-order valence-electron chi connectivity index (χ3n) is 2.66. The van der Waals surface area contributed by atoms with Crippen LogP contribution in [0.5, 0.6) is 0 Å².